The van der Waals surface area contributed by atoms with Gasteiger partial charge in [0, 0.05) is 17.0 Å². The average Bonchev–Trinajstić information content (AvgIpc) is 2.68. The molecular weight excluding hydrogens is 238 g/mol. The molecule has 17 heavy (non-hydrogen) atoms. The Hall–Kier alpha value is -0.910. The highest BCUT2D eigenvalue weighted by Gasteiger charge is 2.20. The van der Waals surface area contributed by atoms with Crippen molar-refractivity contribution in [2.75, 3.05) is 6.61 Å². The summed E-state index contributed by atoms with van der Waals surface area (Å²) in [6.45, 7) is 6.52. The van der Waals surface area contributed by atoms with Crippen molar-refractivity contribution >= 4 is 17.3 Å². The summed E-state index contributed by atoms with van der Waals surface area (Å²) < 4.78 is 0. The first kappa shape index (κ1) is 14.2. The third-order valence-electron chi connectivity index (χ3n) is 3.07. The van der Waals surface area contributed by atoms with E-state index in [9.17, 15) is 9.90 Å². The normalized spacial score (nSPS) is 14.6. The molecule has 1 rings (SSSR count). The summed E-state index contributed by atoms with van der Waals surface area (Å²) >= 11 is 1.29. The quantitative estimate of drug-likeness (QED) is 0.729. The minimum atomic E-state index is -0.884. The third-order valence-corrected chi connectivity index (χ3v) is 4.15. The third kappa shape index (κ3) is 3.52. The second kappa shape index (κ2) is 5.62. The maximum atomic E-state index is 10.8. The van der Waals surface area contributed by atoms with Gasteiger partial charge in [0.15, 0.2) is 0 Å². The van der Waals surface area contributed by atoms with Gasteiger partial charge >= 0.3 is 5.97 Å². The molecular formula is C12H19NO3S. The van der Waals surface area contributed by atoms with Crippen molar-refractivity contribution in [1.82, 2.24) is 5.32 Å². The number of nitrogens with one attached hydrogen (secondary N) is 1. The SMILES string of the molecule is CCC(C)(CO)NCc1cc(C(=O)O)sc1C. The van der Waals surface area contributed by atoms with E-state index in [-0.39, 0.29) is 12.1 Å². The first-order valence-corrected chi connectivity index (χ1v) is 6.42. The monoisotopic (exact) mass is 257 g/mol. The van der Waals surface area contributed by atoms with Gasteiger partial charge in [-0.05, 0) is 31.9 Å². The molecule has 1 unspecified atom stereocenters. The summed E-state index contributed by atoms with van der Waals surface area (Å²) in [5, 5.41) is 21.4. The van der Waals surface area contributed by atoms with Gasteiger partial charge in [-0.15, -0.1) is 11.3 Å². The fourth-order valence-electron chi connectivity index (χ4n) is 1.40. The Labute approximate surface area is 105 Å². The summed E-state index contributed by atoms with van der Waals surface area (Å²) in [6.07, 6.45) is 0.818. The molecule has 0 saturated carbocycles. The number of hydrogen-bond acceptors (Lipinski definition) is 4. The highest BCUT2D eigenvalue weighted by molar-refractivity contribution is 7.14. The van der Waals surface area contributed by atoms with Crippen LogP contribution in [0.15, 0.2) is 6.07 Å². The number of carboxylic acid groups (broad SMARTS) is 1. The van der Waals surface area contributed by atoms with Crippen molar-refractivity contribution in [1.29, 1.82) is 0 Å². The van der Waals surface area contributed by atoms with Gasteiger partial charge in [0.05, 0.1) is 6.61 Å². The van der Waals surface area contributed by atoms with E-state index in [0.717, 1.165) is 16.9 Å². The lowest BCUT2D eigenvalue weighted by atomic mass is 10.00. The minimum absolute atomic E-state index is 0.0679. The van der Waals surface area contributed by atoms with Crippen LogP contribution in [0.25, 0.3) is 0 Å². The van der Waals surface area contributed by atoms with Crippen molar-refractivity contribution in [2.45, 2.75) is 39.3 Å². The lowest BCUT2D eigenvalue weighted by molar-refractivity contribution is 0.0702. The number of aliphatic hydroxyl groups is 1. The Balaban J connectivity index is 2.72. The van der Waals surface area contributed by atoms with E-state index in [4.69, 9.17) is 5.11 Å². The highest BCUT2D eigenvalue weighted by atomic mass is 32.1. The summed E-state index contributed by atoms with van der Waals surface area (Å²) in [6, 6.07) is 1.70. The number of carbonyl (C=O) groups is 1. The first-order chi connectivity index (χ1) is 7.91. The van der Waals surface area contributed by atoms with Crippen molar-refractivity contribution < 1.29 is 15.0 Å². The summed E-state index contributed by atoms with van der Waals surface area (Å²) in [5.41, 5.74) is 0.679. The zero-order chi connectivity index (χ0) is 13.1. The summed E-state index contributed by atoms with van der Waals surface area (Å²) in [7, 11) is 0. The molecule has 0 fully saturated rings. The van der Waals surface area contributed by atoms with E-state index in [1.165, 1.54) is 11.3 Å². The lowest BCUT2D eigenvalue weighted by Gasteiger charge is -2.27. The lowest BCUT2D eigenvalue weighted by Crippen LogP contribution is -2.44. The zero-order valence-corrected chi connectivity index (χ0v) is 11.2. The summed E-state index contributed by atoms with van der Waals surface area (Å²) in [4.78, 5) is 12.2. The van der Waals surface area contributed by atoms with Crippen LogP contribution in [0.4, 0.5) is 0 Å². The maximum absolute atomic E-state index is 10.8. The predicted molar refractivity (Wildman–Crippen MR) is 68.6 cm³/mol. The van der Waals surface area contributed by atoms with Crippen molar-refractivity contribution in [3.8, 4) is 0 Å². The van der Waals surface area contributed by atoms with Gasteiger partial charge < -0.3 is 15.5 Å². The average molecular weight is 257 g/mol. The Morgan fingerprint density at radius 2 is 2.24 bits per heavy atom. The van der Waals surface area contributed by atoms with Gasteiger partial charge in [-0.2, -0.15) is 0 Å². The number of thiophene rings is 1. The van der Waals surface area contributed by atoms with Crippen molar-refractivity contribution in [3.63, 3.8) is 0 Å². The highest BCUT2D eigenvalue weighted by Crippen LogP contribution is 2.22. The van der Waals surface area contributed by atoms with E-state index < -0.39 is 5.97 Å². The van der Waals surface area contributed by atoms with Crippen LogP contribution >= 0.6 is 11.3 Å². The smallest absolute Gasteiger partial charge is 0.345 e. The first-order valence-electron chi connectivity index (χ1n) is 5.60. The van der Waals surface area contributed by atoms with E-state index in [1.54, 1.807) is 6.07 Å². The molecule has 96 valence electrons. The molecule has 0 aliphatic rings. The molecule has 0 radical (unpaired) electrons. The summed E-state index contributed by atoms with van der Waals surface area (Å²) in [5.74, 6) is -0.884. The second-order valence-electron chi connectivity index (χ2n) is 4.42. The second-order valence-corrected chi connectivity index (χ2v) is 5.68. The van der Waals surface area contributed by atoms with Gasteiger partial charge in [-0.3, -0.25) is 0 Å². The predicted octanol–water partition coefficient (Wildman–Crippen LogP) is 2.01. The molecule has 1 atom stereocenters. The number of carboxylic acids is 1. The van der Waals surface area contributed by atoms with Gasteiger partial charge in [-0.25, -0.2) is 4.79 Å². The Morgan fingerprint density at radius 3 is 2.65 bits per heavy atom. The van der Waals surface area contributed by atoms with Crippen LogP contribution in [-0.4, -0.2) is 28.3 Å². The van der Waals surface area contributed by atoms with Crippen LogP contribution < -0.4 is 5.32 Å². The molecule has 3 N–H and O–H groups in total. The fourth-order valence-corrected chi connectivity index (χ4v) is 2.28. The maximum Gasteiger partial charge on any atom is 0.345 e. The molecule has 1 aromatic rings. The van der Waals surface area contributed by atoms with Crippen molar-refractivity contribution in [2.24, 2.45) is 0 Å². The van der Waals surface area contributed by atoms with Crippen LogP contribution in [0.1, 0.15) is 40.4 Å². The van der Waals surface area contributed by atoms with Gasteiger partial charge in [0.25, 0.3) is 0 Å². The Kier molecular flexibility index (Phi) is 4.68. The van der Waals surface area contributed by atoms with Gasteiger partial charge in [0.1, 0.15) is 4.88 Å². The van der Waals surface area contributed by atoms with Crippen LogP contribution in [0, 0.1) is 6.92 Å². The molecule has 0 bridgehead atoms. The van der Waals surface area contributed by atoms with Crippen molar-refractivity contribution in [3.05, 3.63) is 21.4 Å². The molecule has 5 heteroatoms. The fraction of sp³-hybridized carbons (Fsp3) is 0.583. The standard InChI is InChI=1S/C12H19NO3S/c1-4-12(3,7-14)13-6-9-5-10(11(15)16)17-8(9)2/h5,13-14H,4,6-7H2,1-3H3,(H,15,16). The molecule has 0 spiro atoms. The van der Waals surface area contributed by atoms with Crippen LogP contribution in [0.2, 0.25) is 0 Å². The molecule has 0 saturated heterocycles. The number of aryl methyl sites for hydroxylation is 1. The molecule has 0 aromatic carbocycles. The van der Waals surface area contributed by atoms with Crippen LogP contribution in [-0.2, 0) is 6.54 Å². The number of hydrogen-bond donors (Lipinski definition) is 3. The molecule has 0 amide bonds. The van der Waals surface area contributed by atoms with E-state index in [2.05, 4.69) is 5.32 Å². The van der Waals surface area contributed by atoms with E-state index >= 15 is 0 Å². The van der Waals surface area contributed by atoms with Gasteiger partial charge in [-0.1, -0.05) is 6.92 Å². The Bertz CT molecular complexity index is 396. The minimum Gasteiger partial charge on any atom is -0.477 e. The largest absolute Gasteiger partial charge is 0.477 e. The molecule has 1 heterocycles. The van der Waals surface area contributed by atoms with Crippen LogP contribution in [0.5, 0.6) is 0 Å². The van der Waals surface area contributed by atoms with E-state index in [1.807, 2.05) is 20.8 Å². The molecule has 1 aromatic heterocycles. The van der Waals surface area contributed by atoms with Gasteiger partial charge in [0.2, 0.25) is 0 Å². The molecule has 0 aliphatic carbocycles. The molecule has 4 nitrogen and oxygen atoms in total. The Morgan fingerprint density at radius 1 is 1.59 bits per heavy atom. The number of aliphatic hydroxyl groups excluding tert-OH is 1. The topological polar surface area (TPSA) is 69.6 Å². The number of aromatic carboxylic acids is 1. The molecule has 0 aliphatic heterocycles. The zero-order valence-electron chi connectivity index (χ0n) is 10.4. The van der Waals surface area contributed by atoms with E-state index in [0.29, 0.717) is 11.4 Å². The number of rotatable bonds is 6. The van der Waals surface area contributed by atoms with Crippen LogP contribution in [0.3, 0.4) is 0 Å².